The molecule has 2 aromatic heterocycles. The van der Waals surface area contributed by atoms with Crippen molar-refractivity contribution < 1.29 is 4.79 Å². The fourth-order valence-electron chi connectivity index (χ4n) is 2.56. The summed E-state index contributed by atoms with van der Waals surface area (Å²) in [5, 5.41) is 6.08. The molecule has 2 aromatic rings. The van der Waals surface area contributed by atoms with E-state index in [1.165, 1.54) is 17.7 Å². The Bertz CT molecular complexity index is 714. The molecule has 1 amide bonds. The first-order chi connectivity index (χ1) is 10.6. The van der Waals surface area contributed by atoms with E-state index < -0.39 is 0 Å². The van der Waals surface area contributed by atoms with E-state index in [1.807, 2.05) is 12.3 Å². The summed E-state index contributed by atoms with van der Waals surface area (Å²) in [6, 6.07) is 4.76. The standard InChI is InChI=1S/C15H17N5O2/c1-11-4-5-16-10-13(11)19-6-8-20(9-7-19)15(22)12-2-3-14(21)18-17-12/h2-5,10H,6-9H2,1H3,(H,18,21). The van der Waals surface area contributed by atoms with Crippen molar-refractivity contribution in [2.75, 3.05) is 31.1 Å². The van der Waals surface area contributed by atoms with Crippen LogP contribution in [0.15, 0.2) is 35.4 Å². The molecule has 3 heterocycles. The zero-order chi connectivity index (χ0) is 15.5. The number of hydrogen-bond donors (Lipinski definition) is 1. The molecule has 114 valence electrons. The monoisotopic (exact) mass is 299 g/mol. The molecular weight excluding hydrogens is 282 g/mol. The van der Waals surface area contributed by atoms with Crippen LogP contribution in [0, 0.1) is 6.92 Å². The van der Waals surface area contributed by atoms with E-state index >= 15 is 0 Å². The van der Waals surface area contributed by atoms with Gasteiger partial charge in [-0.15, -0.1) is 0 Å². The minimum Gasteiger partial charge on any atom is -0.367 e. The molecule has 0 unspecified atom stereocenters. The summed E-state index contributed by atoms with van der Waals surface area (Å²) in [4.78, 5) is 31.5. The Kier molecular flexibility index (Phi) is 3.86. The Hall–Kier alpha value is -2.70. The normalized spacial score (nSPS) is 15.0. The molecule has 7 heteroatoms. The quantitative estimate of drug-likeness (QED) is 0.870. The maximum absolute atomic E-state index is 12.3. The van der Waals surface area contributed by atoms with Crippen LogP contribution < -0.4 is 10.5 Å². The van der Waals surface area contributed by atoms with E-state index in [9.17, 15) is 9.59 Å². The molecule has 1 N–H and O–H groups in total. The number of aromatic nitrogens is 3. The van der Waals surface area contributed by atoms with Gasteiger partial charge < -0.3 is 9.80 Å². The van der Waals surface area contributed by atoms with Gasteiger partial charge in [0.25, 0.3) is 11.5 Å². The molecule has 0 atom stereocenters. The van der Waals surface area contributed by atoms with Crippen molar-refractivity contribution in [1.82, 2.24) is 20.1 Å². The summed E-state index contributed by atoms with van der Waals surface area (Å²) in [7, 11) is 0. The molecule has 0 bridgehead atoms. The minimum atomic E-state index is -0.312. The van der Waals surface area contributed by atoms with Gasteiger partial charge in [-0.05, 0) is 24.6 Å². The molecule has 3 rings (SSSR count). The van der Waals surface area contributed by atoms with Gasteiger partial charge >= 0.3 is 0 Å². The first-order valence-corrected chi connectivity index (χ1v) is 7.16. The Morgan fingerprint density at radius 3 is 2.59 bits per heavy atom. The first-order valence-electron chi connectivity index (χ1n) is 7.16. The summed E-state index contributed by atoms with van der Waals surface area (Å²) >= 11 is 0. The van der Waals surface area contributed by atoms with E-state index in [-0.39, 0.29) is 17.2 Å². The Morgan fingerprint density at radius 1 is 1.18 bits per heavy atom. The van der Waals surface area contributed by atoms with Gasteiger partial charge in [-0.2, -0.15) is 5.10 Å². The van der Waals surface area contributed by atoms with Crippen LogP contribution in [-0.4, -0.2) is 52.2 Å². The fourth-order valence-corrected chi connectivity index (χ4v) is 2.56. The lowest BCUT2D eigenvalue weighted by Gasteiger charge is -2.36. The van der Waals surface area contributed by atoms with Crippen LogP contribution in [0.2, 0.25) is 0 Å². The summed E-state index contributed by atoms with van der Waals surface area (Å²) in [6.45, 7) is 4.80. The topological polar surface area (TPSA) is 82.2 Å². The van der Waals surface area contributed by atoms with Crippen molar-refractivity contribution in [2.45, 2.75) is 6.92 Å². The number of piperazine rings is 1. The highest BCUT2D eigenvalue weighted by Crippen LogP contribution is 2.19. The summed E-state index contributed by atoms with van der Waals surface area (Å²) < 4.78 is 0. The van der Waals surface area contributed by atoms with Gasteiger partial charge in [0.05, 0.1) is 11.9 Å². The number of hydrogen-bond acceptors (Lipinski definition) is 5. The van der Waals surface area contributed by atoms with E-state index in [1.54, 1.807) is 11.1 Å². The number of rotatable bonds is 2. The fraction of sp³-hybridized carbons (Fsp3) is 0.333. The minimum absolute atomic E-state index is 0.154. The lowest BCUT2D eigenvalue weighted by atomic mass is 10.2. The van der Waals surface area contributed by atoms with Crippen molar-refractivity contribution in [3.63, 3.8) is 0 Å². The van der Waals surface area contributed by atoms with Crippen molar-refractivity contribution in [2.24, 2.45) is 0 Å². The number of carbonyl (C=O) groups is 1. The zero-order valence-electron chi connectivity index (χ0n) is 12.3. The second-order valence-corrected chi connectivity index (χ2v) is 5.25. The van der Waals surface area contributed by atoms with Gasteiger partial charge in [0, 0.05) is 38.4 Å². The maximum Gasteiger partial charge on any atom is 0.274 e. The smallest absolute Gasteiger partial charge is 0.274 e. The van der Waals surface area contributed by atoms with Crippen LogP contribution in [0.1, 0.15) is 16.1 Å². The van der Waals surface area contributed by atoms with E-state index in [0.717, 1.165) is 18.8 Å². The largest absolute Gasteiger partial charge is 0.367 e. The molecule has 1 saturated heterocycles. The van der Waals surface area contributed by atoms with Gasteiger partial charge in [-0.1, -0.05) is 0 Å². The molecule has 22 heavy (non-hydrogen) atoms. The lowest BCUT2D eigenvalue weighted by molar-refractivity contribution is 0.0739. The summed E-state index contributed by atoms with van der Waals surface area (Å²) in [6.07, 6.45) is 3.64. The second-order valence-electron chi connectivity index (χ2n) is 5.25. The third kappa shape index (κ3) is 2.83. The van der Waals surface area contributed by atoms with Crippen molar-refractivity contribution in [1.29, 1.82) is 0 Å². The highest BCUT2D eigenvalue weighted by Gasteiger charge is 2.23. The van der Waals surface area contributed by atoms with Crippen LogP contribution in [0.4, 0.5) is 5.69 Å². The molecule has 1 fully saturated rings. The third-order valence-electron chi connectivity index (χ3n) is 3.82. The van der Waals surface area contributed by atoms with Crippen LogP contribution in [0.3, 0.4) is 0 Å². The van der Waals surface area contributed by atoms with E-state index in [4.69, 9.17) is 0 Å². The SMILES string of the molecule is Cc1ccncc1N1CCN(C(=O)c2ccc(=O)[nH]n2)CC1. The number of amides is 1. The number of aromatic amines is 1. The van der Waals surface area contributed by atoms with Gasteiger partial charge in [0.15, 0.2) is 0 Å². The van der Waals surface area contributed by atoms with Gasteiger partial charge in [-0.25, -0.2) is 5.10 Å². The number of H-pyrrole nitrogens is 1. The molecule has 0 saturated carbocycles. The highest BCUT2D eigenvalue weighted by atomic mass is 16.2. The number of carbonyl (C=O) groups excluding carboxylic acids is 1. The number of nitrogens with one attached hydrogen (secondary N) is 1. The molecule has 7 nitrogen and oxygen atoms in total. The second kappa shape index (κ2) is 5.97. The average molecular weight is 299 g/mol. The number of anilines is 1. The van der Waals surface area contributed by atoms with Crippen LogP contribution in [0.5, 0.6) is 0 Å². The van der Waals surface area contributed by atoms with Crippen molar-refractivity contribution in [3.05, 3.63) is 52.2 Å². The molecule has 0 spiro atoms. The molecule has 0 aromatic carbocycles. The Balaban J connectivity index is 1.67. The van der Waals surface area contributed by atoms with Crippen molar-refractivity contribution >= 4 is 11.6 Å². The zero-order valence-corrected chi connectivity index (χ0v) is 12.3. The summed E-state index contributed by atoms with van der Waals surface area (Å²) in [5.41, 5.74) is 2.24. The highest BCUT2D eigenvalue weighted by molar-refractivity contribution is 5.92. The first kappa shape index (κ1) is 14.2. The number of aryl methyl sites for hydroxylation is 1. The van der Waals surface area contributed by atoms with E-state index in [2.05, 4.69) is 27.0 Å². The Labute approximate surface area is 127 Å². The van der Waals surface area contributed by atoms with Crippen molar-refractivity contribution in [3.8, 4) is 0 Å². The average Bonchev–Trinajstić information content (AvgIpc) is 2.56. The van der Waals surface area contributed by atoms with E-state index in [0.29, 0.717) is 13.1 Å². The predicted octanol–water partition coefficient (Wildman–Crippen LogP) is 0.436. The number of nitrogens with zero attached hydrogens (tertiary/aromatic N) is 4. The Morgan fingerprint density at radius 2 is 1.95 bits per heavy atom. The van der Waals surface area contributed by atoms with Gasteiger partial charge in [0.2, 0.25) is 0 Å². The molecule has 0 aliphatic carbocycles. The third-order valence-corrected chi connectivity index (χ3v) is 3.82. The molecule has 0 radical (unpaired) electrons. The van der Waals surface area contributed by atoms with Crippen LogP contribution in [-0.2, 0) is 0 Å². The predicted molar refractivity (Wildman–Crippen MR) is 81.9 cm³/mol. The lowest BCUT2D eigenvalue weighted by Crippen LogP contribution is -2.49. The van der Waals surface area contributed by atoms with Gasteiger partial charge in [0.1, 0.15) is 5.69 Å². The maximum atomic E-state index is 12.3. The van der Waals surface area contributed by atoms with Crippen LogP contribution in [0.25, 0.3) is 0 Å². The summed E-state index contributed by atoms with van der Waals surface area (Å²) in [5.74, 6) is -0.154. The molecule has 1 aliphatic rings. The molecule has 1 aliphatic heterocycles. The number of pyridine rings is 1. The van der Waals surface area contributed by atoms with Crippen LogP contribution >= 0.6 is 0 Å². The van der Waals surface area contributed by atoms with Gasteiger partial charge in [-0.3, -0.25) is 14.6 Å². The molecular formula is C15H17N5O2.